The van der Waals surface area contributed by atoms with Crippen molar-refractivity contribution < 1.29 is 61.4 Å². The number of ether oxygens (including phenoxy) is 2. The molecule has 0 saturated carbocycles. The fraction of sp³-hybridized carbons (Fsp3) is 0.514. The van der Waals surface area contributed by atoms with E-state index in [1.807, 2.05) is 33.9 Å². The number of anilines is 1. The van der Waals surface area contributed by atoms with Crippen molar-refractivity contribution in [3.63, 3.8) is 0 Å². The molecule has 21 heteroatoms. The molecule has 3 N–H and O–H groups in total. The molecule has 318 valence electrons. The van der Waals surface area contributed by atoms with Crippen LogP contribution in [-0.4, -0.2) is 81.6 Å². The molecule has 3 rings (SSSR count). The van der Waals surface area contributed by atoms with Crippen molar-refractivity contribution in [1.82, 2.24) is 15.5 Å². The average molecular weight is 856 g/mol. The van der Waals surface area contributed by atoms with Crippen LogP contribution < -0.4 is 10.2 Å². The van der Waals surface area contributed by atoms with E-state index in [-0.39, 0.29) is 21.3 Å². The zero-order valence-corrected chi connectivity index (χ0v) is 35.7. The summed E-state index contributed by atoms with van der Waals surface area (Å²) in [5.74, 6) is -6.02. The van der Waals surface area contributed by atoms with Gasteiger partial charge in [-0.2, -0.15) is 13.2 Å². The van der Waals surface area contributed by atoms with Crippen molar-refractivity contribution in [2.24, 2.45) is 0 Å². The molecule has 16 nitrogen and oxygen atoms in total. The van der Waals surface area contributed by atoms with Crippen LogP contribution >= 0.6 is 11.3 Å². The Balaban J connectivity index is 2.29. The zero-order chi connectivity index (χ0) is 44.3. The van der Waals surface area contributed by atoms with Crippen LogP contribution in [0.25, 0.3) is 10.6 Å². The second kappa shape index (κ2) is 17.4. The van der Waals surface area contributed by atoms with Gasteiger partial charge in [-0.3, -0.25) is 19.7 Å². The summed E-state index contributed by atoms with van der Waals surface area (Å²) in [6.45, 7) is 18.8. The van der Waals surface area contributed by atoms with Crippen LogP contribution in [0.2, 0.25) is 18.1 Å². The van der Waals surface area contributed by atoms with Crippen molar-refractivity contribution in [2.45, 2.75) is 116 Å². The van der Waals surface area contributed by atoms with Crippen LogP contribution in [0.3, 0.4) is 0 Å². The minimum Gasteiger partial charge on any atom is -0.480 e. The van der Waals surface area contributed by atoms with E-state index in [0.29, 0.717) is 0 Å². The van der Waals surface area contributed by atoms with E-state index < -0.39 is 101 Å². The van der Waals surface area contributed by atoms with Crippen molar-refractivity contribution in [2.75, 3.05) is 11.4 Å². The van der Waals surface area contributed by atoms with Gasteiger partial charge in [-0.1, -0.05) is 44.2 Å². The Morgan fingerprint density at radius 1 is 0.897 bits per heavy atom. The second-order valence-corrected chi connectivity index (χ2v) is 22.5. The van der Waals surface area contributed by atoms with Crippen molar-refractivity contribution >= 4 is 54.6 Å². The molecule has 1 heterocycles. The largest absolute Gasteiger partial charge is 0.480 e. The standard InChI is InChI=1S/C37H48F3N5O11SSi/c1-34(2,3)54-32(50)41-24(27(56-58(10,11)36(7,8)9)20-12-15-22(16-13-20)37(38,39)40)19-44(33(51)55-35(4,5)6)31-43-42-28(57-31)21-14-17-25(45(52)53)23(18-21)26(29(46)47)30(48)49/h12-18,24,26-27H,19H2,1-11H3,(H,41,50)(H,46,47)(H,48,49)/t24-,27+/m1/s1. The Kier molecular flexibility index (Phi) is 14.1. The molecule has 3 aromatic rings. The summed E-state index contributed by atoms with van der Waals surface area (Å²) in [6.07, 6.45) is -7.79. The second-order valence-electron chi connectivity index (χ2n) is 16.8. The molecule has 58 heavy (non-hydrogen) atoms. The highest BCUT2D eigenvalue weighted by Crippen LogP contribution is 2.42. The number of nitrogens with zero attached hydrogens (tertiary/aromatic N) is 4. The van der Waals surface area contributed by atoms with E-state index in [0.717, 1.165) is 40.5 Å². The van der Waals surface area contributed by atoms with Crippen LogP contribution in [0.15, 0.2) is 42.5 Å². The molecule has 0 saturated heterocycles. The molecule has 0 aliphatic rings. The number of aromatic nitrogens is 2. The summed E-state index contributed by atoms with van der Waals surface area (Å²) < 4.78 is 59.2. The third-order valence-electron chi connectivity index (χ3n) is 8.78. The number of carboxylic acids is 2. The summed E-state index contributed by atoms with van der Waals surface area (Å²) >= 11 is 0.737. The number of amides is 2. The summed E-state index contributed by atoms with van der Waals surface area (Å²) in [5, 5.41) is 41.4. The van der Waals surface area contributed by atoms with Gasteiger partial charge in [0.25, 0.3) is 5.69 Å². The SMILES string of the molecule is CC(C)(C)OC(=O)N[C@H](CN(C(=O)OC(C)(C)C)c1nnc(-c2ccc([N+](=O)[O-])c(C(C(=O)O)C(=O)O)c2)s1)[C@@H](O[Si](C)(C)C(C)(C)C)c1ccc(C(F)(F)F)cc1. The number of carbonyl (C=O) groups excluding carboxylic acids is 2. The smallest absolute Gasteiger partial charge is 0.416 e. The maximum atomic E-state index is 14.1. The van der Waals surface area contributed by atoms with E-state index in [9.17, 15) is 52.7 Å². The Morgan fingerprint density at radius 2 is 1.45 bits per heavy atom. The molecule has 2 amide bonds. The third kappa shape index (κ3) is 12.4. The van der Waals surface area contributed by atoms with E-state index in [2.05, 4.69) is 15.5 Å². The molecule has 1 aromatic heterocycles. The lowest BCUT2D eigenvalue weighted by Crippen LogP contribution is -2.54. The molecule has 0 radical (unpaired) electrons. The van der Waals surface area contributed by atoms with Gasteiger partial charge in [-0.15, -0.1) is 10.2 Å². The molecule has 2 aromatic carbocycles. The number of benzene rings is 2. The summed E-state index contributed by atoms with van der Waals surface area (Å²) in [5.41, 5.74) is -4.18. The fourth-order valence-electron chi connectivity index (χ4n) is 5.06. The van der Waals surface area contributed by atoms with Crippen LogP contribution in [-0.2, 0) is 29.7 Å². The molecular weight excluding hydrogens is 808 g/mol. The van der Waals surface area contributed by atoms with Gasteiger partial charge in [-0.25, -0.2) is 14.5 Å². The topological polar surface area (TPSA) is 221 Å². The van der Waals surface area contributed by atoms with Gasteiger partial charge in [0.2, 0.25) is 5.13 Å². The molecule has 0 aliphatic carbocycles. The van der Waals surface area contributed by atoms with Gasteiger partial charge in [-0.05, 0) is 89.5 Å². The molecule has 0 bridgehead atoms. The maximum absolute atomic E-state index is 14.1. The summed E-state index contributed by atoms with van der Waals surface area (Å²) in [7, 11) is -2.85. The van der Waals surface area contributed by atoms with Crippen LogP contribution in [0.1, 0.15) is 91.0 Å². The minimum atomic E-state index is -4.65. The molecular formula is C37H48F3N5O11SSi. The average Bonchev–Trinajstić information content (AvgIpc) is 3.52. The molecule has 0 spiro atoms. The lowest BCUT2D eigenvalue weighted by atomic mass is 9.95. The number of nitrogens with one attached hydrogen (secondary N) is 1. The Morgan fingerprint density at radius 3 is 1.91 bits per heavy atom. The van der Waals surface area contributed by atoms with Crippen LogP contribution in [0.5, 0.6) is 0 Å². The highest BCUT2D eigenvalue weighted by Gasteiger charge is 2.44. The number of alkyl carbamates (subject to hydrolysis) is 1. The number of hydrogen-bond acceptors (Lipinski definition) is 12. The van der Waals surface area contributed by atoms with E-state index in [1.165, 1.54) is 18.2 Å². The number of halogens is 3. The van der Waals surface area contributed by atoms with Crippen molar-refractivity contribution in [3.8, 4) is 10.6 Å². The number of nitro groups is 1. The maximum Gasteiger partial charge on any atom is 0.416 e. The number of alkyl halides is 3. The quantitative estimate of drug-likeness (QED) is 0.0634. The predicted molar refractivity (Wildman–Crippen MR) is 209 cm³/mol. The molecule has 0 aliphatic heterocycles. The fourth-order valence-corrected chi connectivity index (χ4v) is 7.19. The molecule has 2 atom stereocenters. The van der Waals surface area contributed by atoms with Crippen LogP contribution in [0.4, 0.5) is 33.6 Å². The molecule has 0 fully saturated rings. The number of nitro benzene ring substituents is 1. The van der Waals surface area contributed by atoms with Gasteiger partial charge in [0.05, 0.1) is 34.7 Å². The van der Waals surface area contributed by atoms with E-state index in [1.54, 1.807) is 41.5 Å². The predicted octanol–water partition coefficient (Wildman–Crippen LogP) is 8.78. The third-order valence-corrected chi connectivity index (χ3v) is 14.2. The number of rotatable bonds is 13. The van der Waals surface area contributed by atoms with Crippen molar-refractivity contribution in [1.29, 1.82) is 0 Å². The van der Waals surface area contributed by atoms with Gasteiger partial charge < -0.3 is 29.4 Å². The number of carboxylic acid groups (broad SMARTS) is 2. The highest BCUT2D eigenvalue weighted by molar-refractivity contribution is 7.18. The normalized spacial score (nSPS) is 13.7. The first-order valence-corrected chi connectivity index (χ1v) is 21.5. The monoisotopic (exact) mass is 855 g/mol. The Bertz CT molecular complexity index is 1990. The lowest BCUT2D eigenvalue weighted by molar-refractivity contribution is -0.385. The summed E-state index contributed by atoms with van der Waals surface area (Å²) in [6, 6.07) is 6.03. The van der Waals surface area contributed by atoms with Gasteiger partial charge >= 0.3 is 30.3 Å². The number of carbonyl (C=O) groups is 4. The first-order chi connectivity index (χ1) is 26.3. The Labute approximate surface area is 338 Å². The van der Waals surface area contributed by atoms with Crippen LogP contribution in [0, 0.1) is 10.1 Å². The highest BCUT2D eigenvalue weighted by atomic mass is 32.1. The minimum absolute atomic E-state index is 0.0216. The Hall–Kier alpha value is -5.15. The van der Waals surface area contributed by atoms with Gasteiger partial charge in [0.15, 0.2) is 14.2 Å². The van der Waals surface area contributed by atoms with Gasteiger partial charge in [0, 0.05) is 11.6 Å². The van der Waals surface area contributed by atoms with E-state index in [4.69, 9.17) is 13.9 Å². The van der Waals surface area contributed by atoms with Gasteiger partial charge in [0.1, 0.15) is 16.2 Å². The lowest BCUT2D eigenvalue weighted by Gasteiger charge is -2.42. The number of hydrogen-bond donors (Lipinski definition) is 3. The first-order valence-electron chi connectivity index (χ1n) is 17.7. The first kappa shape index (κ1) is 47.2. The summed E-state index contributed by atoms with van der Waals surface area (Å²) in [4.78, 5) is 63.2. The molecule has 0 unspecified atom stereocenters. The van der Waals surface area contributed by atoms with E-state index >= 15 is 0 Å². The van der Waals surface area contributed by atoms with Crippen molar-refractivity contribution in [3.05, 3.63) is 69.3 Å². The zero-order valence-electron chi connectivity index (χ0n) is 33.9. The number of aliphatic carboxylic acids is 2.